The zero-order chi connectivity index (χ0) is 16.4. The van der Waals surface area contributed by atoms with Gasteiger partial charge < -0.3 is 18.9 Å². The van der Waals surface area contributed by atoms with Gasteiger partial charge in [-0.25, -0.2) is 0 Å². The first kappa shape index (κ1) is 16.0. The first-order chi connectivity index (χ1) is 11.8. The van der Waals surface area contributed by atoms with Gasteiger partial charge in [-0.3, -0.25) is 0 Å². The van der Waals surface area contributed by atoms with Gasteiger partial charge in [-0.1, -0.05) is 55.1 Å². The van der Waals surface area contributed by atoms with Crippen molar-refractivity contribution in [2.75, 3.05) is 26.4 Å². The number of ether oxygens (including phenoxy) is 4. The maximum absolute atomic E-state index is 5.74. The van der Waals surface area contributed by atoms with Gasteiger partial charge in [-0.2, -0.15) is 0 Å². The van der Waals surface area contributed by atoms with E-state index in [1.165, 1.54) is 10.4 Å². The summed E-state index contributed by atoms with van der Waals surface area (Å²) in [5, 5.41) is 2.64. The Morgan fingerprint density at radius 3 is 1.46 bits per heavy atom. The van der Waals surface area contributed by atoms with E-state index < -0.39 is 8.80 Å². The van der Waals surface area contributed by atoms with E-state index in [0.717, 1.165) is 11.1 Å². The van der Waals surface area contributed by atoms with E-state index in [0.29, 0.717) is 26.4 Å². The third-order valence-electron chi connectivity index (χ3n) is 4.48. The minimum Gasteiger partial charge on any atom is -0.346 e. The van der Waals surface area contributed by atoms with Crippen LogP contribution in [0.1, 0.15) is 23.7 Å². The normalized spacial score (nSPS) is 19.4. The Balaban J connectivity index is 1.71. The third-order valence-corrected chi connectivity index (χ3v) is 7.01. The summed E-state index contributed by atoms with van der Waals surface area (Å²) in [5.41, 5.74) is 2.30. The number of benzene rings is 2. The van der Waals surface area contributed by atoms with Gasteiger partial charge in [0.1, 0.15) is 8.80 Å². The molecule has 4 nitrogen and oxygen atoms in total. The number of rotatable bonds is 4. The second-order valence-electron chi connectivity index (χ2n) is 5.95. The summed E-state index contributed by atoms with van der Waals surface area (Å²) in [6.07, 6.45) is -0.486. The molecule has 4 rings (SSSR count). The van der Waals surface area contributed by atoms with Crippen LogP contribution in [-0.4, -0.2) is 35.2 Å². The molecule has 0 saturated carbocycles. The average molecular weight is 341 g/mol. The maximum Gasteiger partial charge on any atom is 0.183 e. The van der Waals surface area contributed by atoms with Crippen LogP contribution in [0.3, 0.4) is 0 Å². The van der Waals surface area contributed by atoms with Crippen LogP contribution in [0, 0.1) is 0 Å². The molecular formula is C19H21O4Si. The van der Waals surface area contributed by atoms with Gasteiger partial charge in [0.05, 0.1) is 26.4 Å². The van der Waals surface area contributed by atoms with Gasteiger partial charge in [-0.15, -0.1) is 0 Å². The summed E-state index contributed by atoms with van der Waals surface area (Å²) in [6, 6.07) is 16.9. The molecule has 0 bridgehead atoms. The Morgan fingerprint density at radius 1 is 0.667 bits per heavy atom. The van der Waals surface area contributed by atoms with Crippen molar-refractivity contribution < 1.29 is 18.9 Å². The van der Waals surface area contributed by atoms with E-state index in [9.17, 15) is 0 Å². The molecule has 24 heavy (non-hydrogen) atoms. The molecular weight excluding hydrogens is 320 g/mol. The standard InChI is InChI=1S/C19H21O4Si/c1-24(16-8-4-2-6-14(16)18-20-10-11-21-18)17-9-5-3-7-15(17)19-22-12-13-23-19/h2-9,18-19H,10-13H2,1H3. The highest BCUT2D eigenvalue weighted by Crippen LogP contribution is 2.24. The molecule has 0 aromatic heterocycles. The zero-order valence-corrected chi connectivity index (χ0v) is 14.7. The number of hydrogen-bond acceptors (Lipinski definition) is 4. The van der Waals surface area contributed by atoms with Crippen LogP contribution in [-0.2, 0) is 18.9 Å². The van der Waals surface area contributed by atoms with Crippen molar-refractivity contribution in [3.8, 4) is 0 Å². The van der Waals surface area contributed by atoms with Gasteiger partial charge in [0, 0.05) is 11.1 Å². The SMILES string of the molecule is C[Si](c1ccccc1C1OCCO1)c1ccccc1C1OCCO1. The fraction of sp³-hybridized carbons (Fsp3) is 0.368. The molecule has 2 aliphatic rings. The van der Waals surface area contributed by atoms with E-state index in [2.05, 4.69) is 42.9 Å². The van der Waals surface area contributed by atoms with Gasteiger partial charge in [0.25, 0.3) is 0 Å². The molecule has 0 atom stereocenters. The Labute approximate surface area is 143 Å². The molecule has 2 heterocycles. The largest absolute Gasteiger partial charge is 0.346 e. The summed E-state index contributed by atoms with van der Waals surface area (Å²) < 4.78 is 23.0. The summed E-state index contributed by atoms with van der Waals surface area (Å²) in [5.74, 6) is 0. The molecule has 0 amide bonds. The molecule has 0 spiro atoms. The van der Waals surface area contributed by atoms with Crippen molar-refractivity contribution in [3.63, 3.8) is 0 Å². The van der Waals surface area contributed by atoms with Crippen molar-refractivity contribution >= 4 is 19.2 Å². The molecule has 0 N–H and O–H groups in total. The summed E-state index contributed by atoms with van der Waals surface area (Å²) >= 11 is 0. The van der Waals surface area contributed by atoms with Crippen molar-refractivity contribution in [1.82, 2.24) is 0 Å². The molecule has 2 saturated heterocycles. The van der Waals surface area contributed by atoms with Crippen LogP contribution in [0.4, 0.5) is 0 Å². The highest BCUT2D eigenvalue weighted by Gasteiger charge is 2.28. The molecule has 125 valence electrons. The third kappa shape index (κ3) is 3.06. The van der Waals surface area contributed by atoms with E-state index >= 15 is 0 Å². The van der Waals surface area contributed by atoms with Crippen molar-refractivity contribution in [2.45, 2.75) is 19.1 Å². The maximum atomic E-state index is 5.74. The van der Waals surface area contributed by atoms with Crippen LogP contribution in [0.5, 0.6) is 0 Å². The second kappa shape index (κ2) is 7.17. The van der Waals surface area contributed by atoms with Gasteiger partial charge in [0.15, 0.2) is 12.6 Å². The zero-order valence-electron chi connectivity index (χ0n) is 13.7. The quantitative estimate of drug-likeness (QED) is 0.798. The average Bonchev–Trinajstić information content (AvgIpc) is 3.35. The highest BCUT2D eigenvalue weighted by molar-refractivity contribution is 6.84. The minimum atomic E-state index is -0.997. The van der Waals surface area contributed by atoms with Crippen LogP contribution in [0.15, 0.2) is 48.5 Å². The van der Waals surface area contributed by atoms with Crippen LogP contribution >= 0.6 is 0 Å². The van der Waals surface area contributed by atoms with Crippen molar-refractivity contribution in [1.29, 1.82) is 0 Å². The lowest BCUT2D eigenvalue weighted by atomic mass is 10.2. The lowest BCUT2D eigenvalue weighted by molar-refractivity contribution is -0.0434. The Hall–Kier alpha value is -1.50. The summed E-state index contributed by atoms with van der Waals surface area (Å²) in [4.78, 5) is 0. The van der Waals surface area contributed by atoms with E-state index in [-0.39, 0.29) is 12.6 Å². The fourth-order valence-electron chi connectivity index (χ4n) is 3.31. The summed E-state index contributed by atoms with van der Waals surface area (Å²) in [7, 11) is -0.997. The Kier molecular flexibility index (Phi) is 4.78. The van der Waals surface area contributed by atoms with Crippen LogP contribution in [0.25, 0.3) is 0 Å². The van der Waals surface area contributed by atoms with Gasteiger partial charge in [-0.05, 0) is 10.4 Å². The molecule has 2 aromatic carbocycles. The first-order valence-corrected chi connectivity index (χ1v) is 10.3. The summed E-state index contributed by atoms with van der Waals surface area (Å²) in [6.45, 7) is 4.94. The molecule has 2 aromatic rings. The van der Waals surface area contributed by atoms with E-state index in [1.807, 2.05) is 12.1 Å². The smallest absolute Gasteiger partial charge is 0.183 e. The van der Waals surface area contributed by atoms with Crippen molar-refractivity contribution in [2.24, 2.45) is 0 Å². The molecule has 2 fully saturated rings. The monoisotopic (exact) mass is 341 g/mol. The van der Waals surface area contributed by atoms with Gasteiger partial charge in [0.2, 0.25) is 0 Å². The highest BCUT2D eigenvalue weighted by atomic mass is 28.3. The van der Waals surface area contributed by atoms with E-state index in [4.69, 9.17) is 18.9 Å². The Bertz CT molecular complexity index is 634. The fourth-order valence-corrected chi connectivity index (χ4v) is 5.56. The minimum absolute atomic E-state index is 0.243. The number of hydrogen-bond donors (Lipinski definition) is 0. The lowest BCUT2D eigenvalue weighted by Crippen LogP contribution is -2.44. The lowest BCUT2D eigenvalue weighted by Gasteiger charge is -2.22. The molecule has 0 aliphatic carbocycles. The molecule has 5 heteroatoms. The predicted octanol–water partition coefficient (Wildman–Crippen LogP) is 2.02. The van der Waals surface area contributed by atoms with Crippen LogP contribution < -0.4 is 10.4 Å². The first-order valence-electron chi connectivity index (χ1n) is 8.33. The van der Waals surface area contributed by atoms with E-state index in [1.54, 1.807) is 0 Å². The molecule has 0 unspecified atom stereocenters. The topological polar surface area (TPSA) is 36.9 Å². The molecule has 2 aliphatic heterocycles. The Morgan fingerprint density at radius 2 is 1.04 bits per heavy atom. The van der Waals surface area contributed by atoms with Crippen molar-refractivity contribution in [3.05, 3.63) is 59.7 Å². The molecule has 1 radical (unpaired) electrons. The predicted molar refractivity (Wildman–Crippen MR) is 93.1 cm³/mol. The second-order valence-corrected chi connectivity index (χ2v) is 8.27. The van der Waals surface area contributed by atoms with Gasteiger partial charge >= 0.3 is 0 Å². The van der Waals surface area contributed by atoms with Crippen LogP contribution in [0.2, 0.25) is 6.55 Å².